The summed E-state index contributed by atoms with van der Waals surface area (Å²) in [6, 6.07) is 12.0. The van der Waals surface area contributed by atoms with Crippen molar-refractivity contribution in [2.75, 3.05) is 0 Å². The second-order valence-electron chi connectivity index (χ2n) is 1.15. The quantitative estimate of drug-likeness (QED) is 0.525. The smallest absolute Gasteiger partial charge is 0.0623 e. The minimum Gasteiger partial charge on any atom is -0.0623 e. The zero-order valence-electron chi connectivity index (χ0n) is 3.46. The van der Waals surface area contributed by atoms with E-state index in [1.54, 1.807) is 0 Å². The molecule has 1 rings (SSSR count). The van der Waals surface area contributed by atoms with Crippen LogP contribution in [0.2, 0.25) is 0 Å². The normalized spacial score (nSPS) is 6.00. The first-order chi connectivity index (χ1) is 3.00. The van der Waals surface area contributed by atoms with Crippen molar-refractivity contribution >= 4 is 47.8 Å². The maximum Gasteiger partial charge on any atom is -0.0623 e. The molecule has 0 aliphatic carbocycles. The Kier molecular flexibility index (Phi) is 11.3. The Morgan fingerprint density at radius 2 is 0.500 bits per heavy atom. The Morgan fingerprint density at radius 1 is 0.375 bits per heavy atom. The van der Waals surface area contributed by atoms with E-state index in [-0.39, 0.29) is 47.8 Å². The van der Waals surface area contributed by atoms with Crippen LogP contribution in [0.4, 0.5) is 0 Å². The maximum absolute atomic E-state index is 2.00. The Balaban J connectivity index is 0. The van der Waals surface area contributed by atoms with Crippen molar-refractivity contribution < 1.29 is 0 Å². The van der Waals surface area contributed by atoms with Crippen molar-refractivity contribution in [1.29, 1.82) is 0 Å². The fourth-order valence-electron chi connectivity index (χ4n) is 0.385. The summed E-state index contributed by atoms with van der Waals surface area (Å²) in [6.45, 7) is 0. The second kappa shape index (κ2) is 7.82. The molecule has 1 aromatic carbocycles. The van der Waals surface area contributed by atoms with Crippen LogP contribution in [-0.4, -0.2) is 47.8 Å². The first-order valence-electron chi connectivity index (χ1n) is 2.00. The Bertz CT molecular complexity index is 78.5. The fraction of sp³-hybridized carbons (Fsp3) is 0. The van der Waals surface area contributed by atoms with Crippen molar-refractivity contribution in [2.45, 2.75) is 0 Å². The predicted molar refractivity (Wildman–Crippen MR) is 49.1 cm³/mol. The van der Waals surface area contributed by atoms with Gasteiger partial charge in [-0.3, -0.25) is 0 Å². The van der Waals surface area contributed by atoms with Crippen LogP contribution in [0.5, 0.6) is 0 Å². The minimum atomic E-state index is 0. The summed E-state index contributed by atoms with van der Waals surface area (Å²) < 4.78 is 0. The summed E-state index contributed by atoms with van der Waals surface area (Å²) in [4.78, 5) is 0. The van der Waals surface area contributed by atoms with E-state index in [9.17, 15) is 0 Å². The molecule has 0 saturated carbocycles. The van der Waals surface area contributed by atoms with E-state index >= 15 is 0 Å². The van der Waals surface area contributed by atoms with Gasteiger partial charge >= 0.3 is 47.8 Å². The molecule has 0 aliphatic rings. The van der Waals surface area contributed by atoms with E-state index in [0.717, 1.165) is 0 Å². The molecule has 0 saturated heterocycles. The molecule has 2 heteroatoms. The van der Waals surface area contributed by atoms with Crippen molar-refractivity contribution in [3.05, 3.63) is 36.4 Å². The number of hydrogen-bond donors (Lipinski definition) is 0. The van der Waals surface area contributed by atoms with E-state index in [1.165, 1.54) is 0 Å². The molecule has 0 atom stereocenters. The van der Waals surface area contributed by atoms with Gasteiger partial charge in [-0.15, -0.1) is 0 Å². The molecule has 0 fully saturated rings. The van der Waals surface area contributed by atoms with Crippen LogP contribution in [0.25, 0.3) is 0 Å². The van der Waals surface area contributed by atoms with Gasteiger partial charge in [0.15, 0.2) is 0 Å². The SMILES string of the molecule is [SnH4].[SnH4].c1ccccc1. The monoisotopic (exact) mass is 326 g/mol. The van der Waals surface area contributed by atoms with Crippen LogP contribution in [0, 0.1) is 0 Å². The maximum atomic E-state index is 2.00. The molecule has 0 bridgehead atoms. The van der Waals surface area contributed by atoms with Crippen molar-refractivity contribution in [3.63, 3.8) is 0 Å². The molecule has 0 heterocycles. The van der Waals surface area contributed by atoms with Crippen LogP contribution >= 0.6 is 0 Å². The van der Waals surface area contributed by atoms with Crippen LogP contribution in [-0.2, 0) is 0 Å². The zero-order valence-corrected chi connectivity index (χ0v) is 3.46. The van der Waals surface area contributed by atoms with Gasteiger partial charge in [0.2, 0.25) is 0 Å². The number of benzene rings is 1. The van der Waals surface area contributed by atoms with Gasteiger partial charge in [0, 0.05) is 0 Å². The van der Waals surface area contributed by atoms with Crippen molar-refractivity contribution in [1.82, 2.24) is 0 Å². The summed E-state index contributed by atoms with van der Waals surface area (Å²) in [6.07, 6.45) is 0. The van der Waals surface area contributed by atoms with Crippen molar-refractivity contribution in [3.8, 4) is 0 Å². The molecule has 0 aliphatic heterocycles. The van der Waals surface area contributed by atoms with E-state index < -0.39 is 0 Å². The molecule has 8 heavy (non-hydrogen) atoms. The average Bonchev–Trinajstić information content (AvgIpc) is 1.72. The third kappa shape index (κ3) is 4.96. The Hall–Kier alpha value is 0.817. The third-order valence-corrected chi connectivity index (χ3v) is 0.667. The molecule has 1 aromatic rings. The molecule has 0 unspecified atom stereocenters. The first-order valence-corrected chi connectivity index (χ1v) is 2.00. The first kappa shape index (κ1) is 11.6. The topological polar surface area (TPSA) is 0 Å². The standard InChI is InChI=1S/C6H6.2Sn.8H/c1-2-4-6-5-3-1;;;;;;;;;;/h1-6H;;;;;;;;;;. The van der Waals surface area contributed by atoms with E-state index in [1.807, 2.05) is 36.4 Å². The van der Waals surface area contributed by atoms with Crippen LogP contribution < -0.4 is 0 Å². The van der Waals surface area contributed by atoms with Crippen LogP contribution in [0.15, 0.2) is 36.4 Å². The molecular formula is C6H14Sn2. The second-order valence-corrected chi connectivity index (χ2v) is 1.15. The summed E-state index contributed by atoms with van der Waals surface area (Å²) in [5, 5.41) is 0. The van der Waals surface area contributed by atoms with Crippen LogP contribution in [0.1, 0.15) is 0 Å². The average molecular weight is 324 g/mol. The molecule has 0 aromatic heterocycles. The summed E-state index contributed by atoms with van der Waals surface area (Å²) in [5.41, 5.74) is 0. The van der Waals surface area contributed by atoms with Gasteiger partial charge < -0.3 is 0 Å². The minimum absolute atomic E-state index is 0. The van der Waals surface area contributed by atoms with Gasteiger partial charge in [-0.25, -0.2) is 0 Å². The van der Waals surface area contributed by atoms with Gasteiger partial charge in [0.05, 0.1) is 0 Å². The zero-order chi connectivity index (χ0) is 4.24. The molecule has 0 spiro atoms. The van der Waals surface area contributed by atoms with E-state index in [2.05, 4.69) is 0 Å². The van der Waals surface area contributed by atoms with E-state index in [4.69, 9.17) is 0 Å². The predicted octanol–water partition coefficient (Wildman–Crippen LogP) is -1.22. The molecule has 0 nitrogen and oxygen atoms in total. The summed E-state index contributed by atoms with van der Waals surface area (Å²) >= 11 is 0. The molecule has 0 radical (unpaired) electrons. The summed E-state index contributed by atoms with van der Waals surface area (Å²) in [5.74, 6) is 0. The third-order valence-electron chi connectivity index (χ3n) is 0.667. The number of hydrogen-bond acceptors (Lipinski definition) is 0. The number of rotatable bonds is 0. The largest absolute Gasteiger partial charge is 0.0623 e. The van der Waals surface area contributed by atoms with Gasteiger partial charge in [0.25, 0.3) is 0 Å². The van der Waals surface area contributed by atoms with Crippen LogP contribution in [0.3, 0.4) is 0 Å². The summed E-state index contributed by atoms with van der Waals surface area (Å²) in [7, 11) is 0. The van der Waals surface area contributed by atoms with Gasteiger partial charge in [-0.05, 0) is 0 Å². The van der Waals surface area contributed by atoms with Crippen molar-refractivity contribution in [2.24, 2.45) is 0 Å². The van der Waals surface area contributed by atoms with Gasteiger partial charge in [-0.2, -0.15) is 0 Å². The van der Waals surface area contributed by atoms with Gasteiger partial charge in [-0.1, -0.05) is 36.4 Å². The van der Waals surface area contributed by atoms with E-state index in [0.29, 0.717) is 0 Å². The Morgan fingerprint density at radius 3 is 0.625 bits per heavy atom. The molecule has 0 N–H and O–H groups in total. The fourth-order valence-corrected chi connectivity index (χ4v) is 0.385. The molecule has 0 amide bonds. The molecule has 46 valence electrons. The van der Waals surface area contributed by atoms with Gasteiger partial charge in [0.1, 0.15) is 0 Å². The molecular weight excluding hydrogens is 309 g/mol. The Labute approximate surface area is 83.6 Å².